The molecule has 1 saturated carbocycles. The quantitative estimate of drug-likeness (QED) is 0.237. The molecule has 0 radical (unpaired) electrons. The van der Waals surface area contributed by atoms with Gasteiger partial charge in [0.2, 0.25) is 0 Å². The molecule has 38 heavy (non-hydrogen) atoms. The van der Waals surface area contributed by atoms with Crippen LogP contribution in [0.1, 0.15) is 63.5 Å². The van der Waals surface area contributed by atoms with Crippen molar-refractivity contribution < 1.29 is 14.3 Å². The second kappa shape index (κ2) is 12.1. The molecule has 2 aliphatic carbocycles. The van der Waals surface area contributed by atoms with Crippen LogP contribution in [-0.2, 0) is 17.6 Å². The Labute approximate surface area is 227 Å². The number of benzene rings is 2. The van der Waals surface area contributed by atoms with Crippen LogP contribution < -0.4 is 10.4 Å². The first-order chi connectivity index (χ1) is 18.2. The number of alkyl halides is 1. The average molecular weight is 527 g/mol. The van der Waals surface area contributed by atoms with Crippen molar-refractivity contribution in [1.82, 2.24) is 0 Å². The maximum atomic E-state index is 15.9. The van der Waals surface area contributed by atoms with Crippen LogP contribution in [0.2, 0.25) is 0 Å². The summed E-state index contributed by atoms with van der Waals surface area (Å²) in [5.41, 5.74) is 12.2. The van der Waals surface area contributed by atoms with E-state index >= 15 is 4.39 Å². The lowest BCUT2D eigenvalue weighted by molar-refractivity contribution is -0.136. The smallest absolute Gasteiger partial charge is 0.307 e. The molecule has 0 spiro atoms. The molecule has 4 heteroatoms. The van der Waals surface area contributed by atoms with Crippen molar-refractivity contribution in [3.63, 3.8) is 0 Å². The predicted octanol–water partition coefficient (Wildman–Crippen LogP) is 7.12. The summed E-state index contributed by atoms with van der Waals surface area (Å²) >= 11 is 0. The van der Waals surface area contributed by atoms with Crippen molar-refractivity contribution in [2.24, 2.45) is 0 Å². The molecule has 0 heterocycles. The molecule has 0 aromatic heterocycles. The standard InChI is InChI=1S/C34H36FO2P/c1-4-23(2)33(24(3)38)28-10-6-7-11-30-29(21-28)18-26(22-34(35)16-8-5-9-17-34)19-31(30)27-14-12-25(13-15-27)20-32(36)37/h7,10,12-15,18-19,21H,1,5-6,8-9,16-17,20,22,38H2,2-3H3,(H,36,37). The number of allylic oxidation sites excluding steroid dienone is 6. The van der Waals surface area contributed by atoms with E-state index in [1.165, 1.54) is 0 Å². The lowest BCUT2D eigenvalue weighted by Gasteiger charge is -2.29. The van der Waals surface area contributed by atoms with Gasteiger partial charge in [-0.1, -0.05) is 62.2 Å². The first-order valence-corrected chi connectivity index (χ1v) is 13.9. The van der Waals surface area contributed by atoms with Gasteiger partial charge in [-0.15, -0.1) is 20.7 Å². The minimum atomic E-state index is -1.18. The maximum Gasteiger partial charge on any atom is 0.307 e. The number of halogens is 1. The highest BCUT2D eigenvalue weighted by Gasteiger charge is 2.32. The summed E-state index contributed by atoms with van der Waals surface area (Å²) in [7, 11) is 2.80. The van der Waals surface area contributed by atoms with E-state index in [4.69, 9.17) is 0 Å². The Hall–Kier alpha value is -3.21. The summed E-state index contributed by atoms with van der Waals surface area (Å²) in [5, 5.41) is 12.2. The van der Waals surface area contributed by atoms with Gasteiger partial charge >= 0.3 is 5.97 Å². The van der Waals surface area contributed by atoms with Crippen LogP contribution in [-0.4, -0.2) is 16.7 Å². The first-order valence-electron chi connectivity index (χ1n) is 13.3. The third-order valence-corrected chi connectivity index (χ3v) is 7.74. The van der Waals surface area contributed by atoms with E-state index in [-0.39, 0.29) is 6.42 Å². The number of fused-ring (bicyclic) bond motifs is 1. The number of carboxylic acid groups (broad SMARTS) is 1. The predicted molar refractivity (Wildman–Crippen MR) is 159 cm³/mol. The van der Waals surface area contributed by atoms with Gasteiger partial charge in [-0.25, -0.2) is 4.39 Å². The monoisotopic (exact) mass is 526 g/mol. The molecular weight excluding hydrogens is 490 g/mol. The molecule has 2 aromatic carbocycles. The number of carbonyl (C=O) groups is 1. The van der Waals surface area contributed by atoms with Gasteiger partial charge in [-0.2, -0.15) is 0 Å². The van der Waals surface area contributed by atoms with Gasteiger partial charge < -0.3 is 5.11 Å². The number of carboxylic acids is 1. The van der Waals surface area contributed by atoms with E-state index in [1.54, 1.807) is 0 Å². The molecule has 2 nitrogen and oxygen atoms in total. The van der Waals surface area contributed by atoms with Crippen molar-refractivity contribution >= 4 is 27.0 Å². The summed E-state index contributed by atoms with van der Waals surface area (Å²) < 4.78 is 15.9. The maximum absolute atomic E-state index is 15.9. The average Bonchev–Trinajstić information content (AvgIpc) is 2.85. The van der Waals surface area contributed by atoms with Crippen LogP contribution >= 0.6 is 9.24 Å². The minimum Gasteiger partial charge on any atom is -0.481 e. The first kappa shape index (κ1) is 27.8. The number of hydrogen-bond donors (Lipinski definition) is 1. The summed E-state index contributed by atoms with van der Waals surface area (Å²) in [6.07, 6.45) is 11.7. The fourth-order valence-electron chi connectivity index (χ4n) is 5.61. The molecule has 1 N–H and O–H groups in total. The van der Waals surface area contributed by atoms with Crippen molar-refractivity contribution in [1.29, 1.82) is 0 Å². The van der Waals surface area contributed by atoms with E-state index in [2.05, 4.69) is 58.5 Å². The van der Waals surface area contributed by atoms with Crippen molar-refractivity contribution in [2.45, 2.75) is 70.9 Å². The van der Waals surface area contributed by atoms with Crippen LogP contribution in [0.3, 0.4) is 0 Å². The van der Waals surface area contributed by atoms with E-state index in [0.717, 1.165) is 80.4 Å². The molecule has 4 rings (SSSR count). The molecule has 1 unspecified atom stereocenters. The second-order valence-electron chi connectivity index (χ2n) is 10.5. The Morgan fingerprint density at radius 1 is 1.13 bits per heavy atom. The Morgan fingerprint density at radius 3 is 2.47 bits per heavy atom. The van der Waals surface area contributed by atoms with Gasteiger partial charge in [0.1, 0.15) is 5.67 Å². The molecule has 2 aliphatic rings. The normalized spacial score (nSPS) is 16.9. The van der Waals surface area contributed by atoms with Crippen molar-refractivity contribution in [3.05, 3.63) is 104 Å². The molecule has 196 valence electrons. The van der Waals surface area contributed by atoms with Crippen molar-refractivity contribution in [2.75, 3.05) is 0 Å². The molecule has 1 atom stereocenters. The van der Waals surface area contributed by atoms with Gasteiger partial charge in [-0.05, 0) is 101 Å². The second-order valence-corrected chi connectivity index (χ2v) is 11.4. The van der Waals surface area contributed by atoms with Gasteiger partial charge in [0.15, 0.2) is 0 Å². The van der Waals surface area contributed by atoms with Crippen LogP contribution in [0.15, 0.2) is 82.9 Å². The van der Waals surface area contributed by atoms with E-state index in [1.807, 2.05) is 37.3 Å². The SMILES string of the molecule is C=C=C(C)C(C1=CCC=C=c2c(-c3ccc(CC(=O)O)cc3)cc(CC3(F)CCCCC3)cc2=C1)=C(C)P. The largest absolute Gasteiger partial charge is 0.481 e. The molecule has 1 fully saturated rings. The molecule has 0 bridgehead atoms. The lowest BCUT2D eigenvalue weighted by Crippen LogP contribution is -2.32. The zero-order valence-electron chi connectivity index (χ0n) is 22.4. The van der Waals surface area contributed by atoms with Gasteiger partial charge in [-0.3, -0.25) is 4.79 Å². The fourth-order valence-corrected chi connectivity index (χ4v) is 6.00. The molecule has 0 aliphatic heterocycles. The molecular formula is C34H36FO2P. The zero-order valence-corrected chi connectivity index (χ0v) is 23.5. The topological polar surface area (TPSA) is 37.3 Å². The summed E-state index contributed by atoms with van der Waals surface area (Å²) in [4.78, 5) is 11.2. The van der Waals surface area contributed by atoms with Crippen LogP contribution in [0.25, 0.3) is 22.9 Å². The van der Waals surface area contributed by atoms with Gasteiger partial charge in [0.25, 0.3) is 0 Å². The Kier molecular flexibility index (Phi) is 8.86. The Balaban J connectivity index is 1.94. The van der Waals surface area contributed by atoms with Crippen LogP contribution in [0.5, 0.6) is 0 Å². The lowest BCUT2D eigenvalue weighted by atomic mass is 9.81. The van der Waals surface area contributed by atoms with Gasteiger partial charge in [0.05, 0.1) is 6.42 Å². The van der Waals surface area contributed by atoms with E-state index < -0.39 is 11.6 Å². The summed E-state index contributed by atoms with van der Waals surface area (Å²) in [6, 6.07) is 11.9. The molecule has 2 aromatic rings. The molecule has 0 saturated heterocycles. The number of aliphatic carboxylic acids is 1. The van der Waals surface area contributed by atoms with E-state index in [9.17, 15) is 9.90 Å². The Morgan fingerprint density at radius 2 is 1.84 bits per heavy atom. The Bertz CT molecular complexity index is 1500. The highest BCUT2D eigenvalue weighted by atomic mass is 31.0. The third-order valence-electron chi connectivity index (χ3n) is 7.46. The minimum absolute atomic E-state index is 0.0174. The zero-order chi connectivity index (χ0) is 27.3. The fraction of sp³-hybridized carbons (Fsp3) is 0.324. The van der Waals surface area contributed by atoms with Gasteiger partial charge in [0, 0.05) is 11.6 Å². The van der Waals surface area contributed by atoms with Crippen LogP contribution in [0.4, 0.5) is 4.39 Å². The number of hydrogen-bond acceptors (Lipinski definition) is 1. The summed E-state index contributed by atoms with van der Waals surface area (Å²) in [6.45, 7) is 7.95. The van der Waals surface area contributed by atoms with Crippen LogP contribution in [0, 0.1) is 0 Å². The number of rotatable bonds is 7. The summed E-state index contributed by atoms with van der Waals surface area (Å²) in [5.74, 6) is -0.854. The molecule has 0 amide bonds. The highest BCUT2D eigenvalue weighted by molar-refractivity contribution is 7.22. The third kappa shape index (κ3) is 6.61. The van der Waals surface area contributed by atoms with E-state index in [0.29, 0.717) is 19.3 Å². The highest BCUT2D eigenvalue weighted by Crippen LogP contribution is 2.35. The van der Waals surface area contributed by atoms with Crippen molar-refractivity contribution in [3.8, 4) is 11.1 Å².